The van der Waals surface area contributed by atoms with Crippen LogP contribution in [-0.4, -0.2) is 69.6 Å². The van der Waals surface area contributed by atoms with E-state index < -0.39 is 10.0 Å². The fourth-order valence-electron chi connectivity index (χ4n) is 2.72. The third-order valence-corrected chi connectivity index (χ3v) is 6.88. The number of hydrogen-bond acceptors (Lipinski definition) is 4. The van der Waals surface area contributed by atoms with E-state index in [0.29, 0.717) is 43.8 Å². The molecular formula is C18H27Cl2N3O4S. The van der Waals surface area contributed by atoms with E-state index >= 15 is 0 Å². The Bertz CT molecular complexity index is 766. The zero-order valence-electron chi connectivity index (χ0n) is 16.2. The molecule has 1 aromatic rings. The normalized spacial score (nSPS) is 15.8. The summed E-state index contributed by atoms with van der Waals surface area (Å²) in [6, 6.07) is 4.06. The first-order chi connectivity index (χ1) is 13.2. The average Bonchev–Trinajstić information content (AvgIpc) is 2.66. The van der Waals surface area contributed by atoms with Crippen molar-refractivity contribution in [3.8, 4) is 0 Å². The lowest BCUT2D eigenvalue weighted by atomic mass is 10.2. The van der Waals surface area contributed by atoms with Crippen molar-refractivity contribution in [1.82, 2.24) is 14.5 Å². The molecule has 1 heterocycles. The van der Waals surface area contributed by atoms with Crippen LogP contribution in [0.25, 0.3) is 0 Å². The van der Waals surface area contributed by atoms with Gasteiger partial charge in [-0.15, -0.1) is 0 Å². The van der Waals surface area contributed by atoms with Crippen molar-refractivity contribution in [3.05, 3.63) is 28.2 Å². The minimum absolute atomic E-state index is 0.0983. The molecular weight excluding hydrogens is 425 g/mol. The van der Waals surface area contributed by atoms with Crippen molar-refractivity contribution >= 4 is 39.3 Å². The van der Waals surface area contributed by atoms with Crippen LogP contribution in [0.1, 0.15) is 20.3 Å². The number of hydrogen-bond donors (Lipinski definition) is 1. The van der Waals surface area contributed by atoms with Crippen molar-refractivity contribution in [2.24, 2.45) is 5.92 Å². The molecule has 2 amide bonds. The summed E-state index contributed by atoms with van der Waals surface area (Å²) >= 11 is 11.8. The van der Waals surface area contributed by atoms with Gasteiger partial charge in [0, 0.05) is 45.9 Å². The average molecular weight is 452 g/mol. The smallest absolute Gasteiger partial charge is 0.317 e. The number of carbonyl (C=O) groups is 1. The van der Waals surface area contributed by atoms with E-state index in [1.165, 1.54) is 22.5 Å². The second-order valence-corrected chi connectivity index (χ2v) is 9.77. The maximum atomic E-state index is 12.7. The fraction of sp³-hybridized carbons (Fsp3) is 0.611. The summed E-state index contributed by atoms with van der Waals surface area (Å²) in [4.78, 5) is 13.9. The number of urea groups is 1. The maximum absolute atomic E-state index is 12.7. The van der Waals surface area contributed by atoms with E-state index in [-0.39, 0.29) is 29.0 Å². The molecule has 2 rings (SSSR count). The van der Waals surface area contributed by atoms with Gasteiger partial charge in [-0.05, 0) is 30.5 Å². The summed E-state index contributed by atoms with van der Waals surface area (Å²) in [6.07, 6.45) is 0.740. The van der Waals surface area contributed by atoms with Gasteiger partial charge in [-0.3, -0.25) is 0 Å². The molecule has 0 spiro atoms. The van der Waals surface area contributed by atoms with E-state index in [4.69, 9.17) is 27.9 Å². The molecule has 10 heteroatoms. The predicted molar refractivity (Wildman–Crippen MR) is 110 cm³/mol. The van der Waals surface area contributed by atoms with E-state index in [9.17, 15) is 13.2 Å². The molecule has 1 fully saturated rings. The van der Waals surface area contributed by atoms with Crippen molar-refractivity contribution in [1.29, 1.82) is 0 Å². The number of halogens is 2. The van der Waals surface area contributed by atoms with E-state index in [0.717, 1.165) is 6.42 Å². The Morgan fingerprint density at radius 1 is 1.18 bits per heavy atom. The number of ether oxygens (including phenoxy) is 1. The second kappa shape index (κ2) is 10.6. The van der Waals surface area contributed by atoms with E-state index in [2.05, 4.69) is 19.2 Å². The number of nitrogens with zero attached hydrogens (tertiary/aromatic N) is 2. The predicted octanol–water partition coefficient (Wildman–Crippen LogP) is 3.07. The topological polar surface area (TPSA) is 79.0 Å². The molecule has 0 aromatic heterocycles. The Kier molecular flexibility index (Phi) is 8.82. The quantitative estimate of drug-likeness (QED) is 0.615. The molecule has 0 radical (unpaired) electrons. The molecule has 1 N–H and O–H groups in total. The third kappa shape index (κ3) is 6.49. The van der Waals surface area contributed by atoms with Gasteiger partial charge in [-0.1, -0.05) is 37.0 Å². The highest BCUT2D eigenvalue weighted by Crippen LogP contribution is 2.27. The van der Waals surface area contributed by atoms with Gasteiger partial charge in [0.1, 0.15) is 0 Å². The number of nitrogens with one attached hydrogen (secondary N) is 1. The van der Waals surface area contributed by atoms with Crippen molar-refractivity contribution in [3.63, 3.8) is 0 Å². The van der Waals surface area contributed by atoms with E-state index in [1.54, 1.807) is 4.90 Å². The molecule has 0 unspecified atom stereocenters. The van der Waals surface area contributed by atoms with Gasteiger partial charge >= 0.3 is 6.03 Å². The summed E-state index contributed by atoms with van der Waals surface area (Å²) in [5.41, 5.74) is 0. The van der Waals surface area contributed by atoms with E-state index in [1.807, 2.05) is 0 Å². The van der Waals surface area contributed by atoms with Crippen LogP contribution in [0.4, 0.5) is 4.79 Å². The zero-order valence-corrected chi connectivity index (χ0v) is 18.5. The minimum atomic E-state index is -3.67. The first-order valence-electron chi connectivity index (χ1n) is 9.27. The molecule has 158 valence electrons. The Morgan fingerprint density at radius 3 is 2.46 bits per heavy atom. The Balaban J connectivity index is 1.78. The third-order valence-electron chi connectivity index (χ3n) is 4.25. The minimum Gasteiger partial charge on any atom is -0.381 e. The summed E-state index contributed by atoms with van der Waals surface area (Å²) in [5.74, 6) is 0.492. The SMILES string of the molecule is CC(C)COCCCNC(=O)N1CCN(S(=O)(=O)c2ccc(Cl)c(Cl)c2)CC1. The molecule has 7 nitrogen and oxygen atoms in total. The van der Waals surface area contributed by atoms with Crippen LogP contribution >= 0.6 is 23.2 Å². The molecule has 1 saturated heterocycles. The lowest BCUT2D eigenvalue weighted by Gasteiger charge is -2.34. The Hall–Kier alpha value is -1.06. The molecule has 1 aliphatic heterocycles. The molecule has 1 aliphatic rings. The van der Waals surface area contributed by atoms with Crippen LogP contribution in [0.5, 0.6) is 0 Å². The van der Waals surface area contributed by atoms with Gasteiger partial charge in [-0.25, -0.2) is 13.2 Å². The van der Waals surface area contributed by atoms with Crippen LogP contribution in [0.15, 0.2) is 23.1 Å². The number of benzene rings is 1. The van der Waals surface area contributed by atoms with Gasteiger partial charge in [-0.2, -0.15) is 4.31 Å². The monoisotopic (exact) mass is 451 g/mol. The summed E-state index contributed by atoms with van der Waals surface area (Å²) < 4.78 is 32.3. The van der Waals surface area contributed by atoms with Crippen LogP contribution in [0.2, 0.25) is 10.0 Å². The first kappa shape index (κ1) is 23.2. The summed E-state index contributed by atoms with van der Waals surface area (Å²) in [5, 5.41) is 3.34. The lowest BCUT2D eigenvalue weighted by Crippen LogP contribution is -2.53. The lowest BCUT2D eigenvalue weighted by molar-refractivity contribution is 0.107. The first-order valence-corrected chi connectivity index (χ1v) is 11.5. The zero-order chi connectivity index (χ0) is 20.7. The van der Waals surface area contributed by atoms with Crippen LogP contribution in [0, 0.1) is 5.92 Å². The van der Waals surface area contributed by atoms with Crippen LogP contribution in [-0.2, 0) is 14.8 Å². The van der Waals surface area contributed by atoms with Crippen LogP contribution < -0.4 is 5.32 Å². The molecule has 28 heavy (non-hydrogen) atoms. The largest absolute Gasteiger partial charge is 0.381 e. The van der Waals surface area contributed by atoms with Gasteiger partial charge in [0.15, 0.2) is 0 Å². The number of amides is 2. The van der Waals surface area contributed by atoms with Gasteiger partial charge in [0.2, 0.25) is 10.0 Å². The number of piperazine rings is 1. The highest BCUT2D eigenvalue weighted by Gasteiger charge is 2.30. The van der Waals surface area contributed by atoms with Crippen molar-refractivity contribution in [2.45, 2.75) is 25.2 Å². The number of carbonyl (C=O) groups excluding carboxylic acids is 1. The highest BCUT2D eigenvalue weighted by molar-refractivity contribution is 7.89. The molecule has 0 saturated carbocycles. The van der Waals surface area contributed by atoms with Gasteiger partial charge in [0.05, 0.1) is 14.9 Å². The van der Waals surface area contributed by atoms with Crippen LogP contribution in [0.3, 0.4) is 0 Å². The Morgan fingerprint density at radius 2 is 1.86 bits per heavy atom. The van der Waals surface area contributed by atoms with Gasteiger partial charge < -0.3 is 15.0 Å². The fourth-order valence-corrected chi connectivity index (χ4v) is 4.53. The Labute approximate surface area is 177 Å². The molecule has 0 aliphatic carbocycles. The maximum Gasteiger partial charge on any atom is 0.317 e. The van der Waals surface area contributed by atoms with Gasteiger partial charge in [0.25, 0.3) is 0 Å². The molecule has 0 bridgehead atoms. The van der Waals surface area contributed by atoms with Crippen molar-refractivity contribution < 1.29 is 17.9 Å². The number of rotatable bonds is 8. The summed E-state index contributed by atoms with van der Waals surface area (Å²) in [6.45, 7) is 7.13. The standard InChI is InChI=1S/C18H27Cl2N3O4S/c1-14(2)13-27-11-3-6-21-18(24)22-7-9-23(10-8-22)28(25,26)15-4-5-16(19)17(20)12-15/h4-5,12,14H,3,6-11,13H2,1-2H3,(H,21,24). The molecule has 0 atom stereocenters. The highest BCUT2D eigenvalue weighted by atomic mass is 35.5. The van der Waals surface area contributed by atoms with Crippen molar-refractivity contribution in [2.75, 3.05) is 45.9 Å². The number of sulfonamides is 1. The molecule has 1 aromatic carbocycles. The second-order valence-electron chi connectivity index (χ2n) is 7.02. The summed E-state index contributed by atoms with van der Waals surface area (Å²) in [7, 11) is -3.67.